The summed E-state index contributed by atoms with van der Waals surface area (Å²) in [6.07, 6.45) is 1.07. The Kier molecular flexibility index (Phi) is 6.97. The summed E-state index contributed by atoms with van der Waals surface area (Å²) >= 11 is 6.13. The van der Waals surface area contributed by atoms with Gasteiger partial charge in [0.15, 0.2) is 5.75 Å². The molecule has 0 radical (unpaired) electrons. The summed E-state index contributed by atoms with van der Waals surface area (Å²) in [6.45, 7) is 0.323. The Bertz CT molecular complexity index is 1240. The normalized spacial score (nSPS) is 16.8. The molecule has 0 unspecified atom stereocenters. The van der Waals surface area contributed by atoms with Crippen LogP contribution in [0.1, 0.15) is 12.8 Å². The Hall–Kier alpha value is -2.94. The number of amides is 1. The molecule has 3 aromatic carbocycles. The smallest absolute Gasteiger partial charge is 0.243 e. The summed E-state index contributed by atoms with van der Waals surface area (Å²) < 4.78 is 46.3. The number of nitrogens with zero attached hydrogens (tertiary/aromatic N) is 1. The quantitative estimate of drug-likeness (QED) is 0.510. The van der Waals surface area contributed by atoms with Crippen LogP contribution in [0.4, 0.5) is 10.1 Å². The van der Waals surface area contributed by atoms with Crippen LogP contribution in [0.5, 0.6) is 11.5 Å². The van der Waals surface area contributed by atoms with E-state index in [4.69, 9.17) is 16.3 Å². The summed E-state index contributed by atoms with van der Waals surface area (Å²) in [4.78, 5) is 13.1. The van der Waals surface area contributed by atoms with Crippen molar-refractivity contribution in [3.8, 4) is 11.5 Å². The van der Waals surface area contributed by atoms with E-state index in [0.717, 1.165) is 12.1 Å². The Labute approximate surface area is 197 Å². The molecule has 0 spiro atoms. The molecule has 6 nitrogen and oxygen atoms in total. The zero-order valence-electron chi connectivity index (χ0n) is 17.6. The Morgan fingerprint density at radius 1 is 1.06 bits per heavy atom. The van der Waals surface area contributed by atoms with E-state index in [1.165, 1.54) is 16.4 Å². The van der Waals surface area contributed by atoms with E-state index < -0.39 is 21.8 Å². The second-order valence-corrected chi connectivity index (χ2v) is 10.1. The molecule has 3 aromatic rings. The first-order valence-electron chi connectivity index (χ1n) is 10.4. The van der Waals surface area contributed by atoms with Crippen LogP contribution in [-0.2, 0) is 14.8 Å². The van der Waals surface area contributed by atoms with Gasteiger partial charge in [0, 0.05) is 18.1 Å². The van der Waals surface area contributed by atoms with Crippen molar-refractivity contribution in [2.75, 3.05) is 18.4 Å². The van der Waals surface area contributed by atoms with Gasteiger partial charge in [-0.1, -0.05) is 29.8 Å². The van der Waals surface area contributed by atoms with Crippen LogP contribution in [-0.4, -0.2) is 31.7 Å². The summed E-state index contributed by atoms with van der Waals surface area (Å²) in [6, 6.07) is 18.7. The van der Waals surface area contributed by atoms with Crippen molar-refractivity contribution in [1.29, 1.82) is 0 Å². The topological polar surface area (TPSA) is 75.7 Å². The molecule has 1 fully saturated rings. The highest BCUT2D eigenvalue weighted by atomic mass is 35.5. The molecule has 0 bridgehead atoms. The van der Waals surface area contributed by atoms with Crippen LogP contribution < -0.4 is 10.1 Å². The fourth-order valence-corrected chi connectivity index (χ4v) is 5.37. The maximum atomic E-state index is 13.2. The number of hydrogen-bond donors (Lipinski definition) is 1. The molecule has 1 aliphatic rings. The number of rotatable bonds is 6. The fourth-order valence-electron chi connectivity index (χ4n) is 3.67. The number of sulfonamides is 1. The van der Waals surface area contributed by atoms with Gasteiger partial charge in [0.05, 0.1) is 16.5 Å². The zero-order chi connectivity index (χ0) is 23.4. The van der Waals surface area contributed by atoms with E-state index in [1.54, 1.807) is 30.3 Å². The average molecular weight is 489 g/mol. The van der Waals surface area contributed by atoms with Gasteiger partial charge in [0.25, 0.3) is 0 Å². The lowest BCUT2D eigenvalue weighted by molar-refractivity contribution is -0.120. The minimum Gasteiger partial charge on any atom is -0.455 e. The minimum absolute atomic E-state index is 0.00153. The van der Waals surface area contributed by atoms with Crippen LogP contribution in [0.3, 0.4) is 0 Å². The molecule has 1 atom stereocenters. The first-order valence-corrected chi connectivity index (χ1v) is 12.2. The molecule has 33 heavy (non-hydrogen) atoms. The van der Waals surface area contributed by atoms with Crippen molar-refractivity contribution in [2.45, 2.75) is 17.7 Å². The van der Waals surface area contributed by atoms with Gasteiger partial charge in [0.2, 0.25) is 15.9 Å². The lowest BCUT2D eigenvalue weighted by atomic mass is 9.98. The van der Waals surface area contributed by atoms with Crippen molar-refractivity contribution in [3.63, 3.8) is 0 Å². The molecule has 1 amide bonds. The summed E-state index contributed by atoms with van der Waals surface area (Å²) in [5, 5.41) is 3.27. The number of carbonyl (C=O) groups is 1. The van der Waals surface area contributed by atoms with Crippen LogP contribution in [0.15, 0.2) is 77.7 Å². The minimum atomic E-state index is -3.83. The van der Waals surface area contributed by atoms with Crippen molar-refractivity contribution in [2.24, 2.45) is 5.92 Å². The lowest BCUT2D eigenvalue weighted by Gasteiger charge is -2.31. The van der Waals surface area contributed by atoms with Crippen molar-refractivity contribution >= 4 is 33.2 Å². The number of ether oxygens (including phenoxy) is 1. The summed E-state index contributed by atoms with van der Waals surface area (Å²) in [5.74, 6) is -0.373. The number of para-hydroxylation sites is 1. The van der Waals surface area contributed by atoms with E-state index in [9.17, 15) is 17.6 Å². The van der Waals surface area contributed by atoms with Crippen molar-refractivity contribution in [1.82, 2.24) is 4.31 Å². The second-order valence-electron chi connectivity index (χ2n) is 7.70. The first kappa shape index (κ1) is 23.2. The van der Waals surface area contributed by atoms with Crippen LogP contribution in [0.2, 0.25) is 5.02 Å². The summed E-state index contributed by atoms with van der Waals surface area (Å²) in [5.41, 5.74) is 0.398. The lowest BCUT2D eigenvalue weighted by Crippen LogP contribution is -2.43. The van der Waals surface area contributed by atoms with Gasteiger partial charge in [-0.25, -0.2) is 12.8 Å². The van der Waals surface area contributed by atoms with E-state index in [2.05, 4.69) is 5.32 Å². The third-order valence-electron chi connectivity index (χ3n) is 5.38. The van der Waals surface area contributed by atoms with E-state index in [0.29, 0.717) is 41.6 Å². The Morgan fingerprint density at radius 3 is 2.52 bits per heavy atom. The summed E-state index contributed by atoms with van der Waals surface area (Å²) in [7, 11) is -3.83. The van der Waals surface area contributed by atoms with Gasteiger partial charge < -0.3 is 10.1 Å². The highest BCUT2D eigenvalue weighted by Gasteiger charge is 2.33. The maximum absolute atomic E-state index is 13.2. The van der Waals surface area contributed by atoms with Gasteiger partial charge in [-0.05, 0) is 67.4 Å². The predicted molar refractivity (Wildman–Crippen MR) is 124 cm³/mol. The molecule has 0 saturated carbocycles. The molecule has 172 valence electrons. The molecular formula is C24H22ClFN2O4S. The molecule has 1 aliphatic heterocycles. The Morgan fingerprint density at radius 2 is 1.79 bits per heavy atom. The molecule has 4 rings (SSSR count). The molecule has 9 heteroatoms. The van der Waals surface area contributed by atoms with Crippen LogP contribution in [0.25, 0.3) is 0 Å². The number of carbonyl (C=O) groups excluding carboxylic acids is 1. The number of anilines is 1. The zero-order valence-corrected chi connectivity index (χ0v) is 19.2. The molecule has 1 heterocycles. The monoisotopic (exact) mass is 488 g/mol. The number of benzene rings is 3. The SMILES string of the molecule is O=C(Nc1cc(Cl)ccc1Oc1ccccc1)[C@@H]1CCCN(S(=O)(=O)c2ccc(F)cc2)C1. The highest BCUT2D eigenvalue weighted by Crippen LogP contribution is 2.33. The highest BCUT2D eigenvalue weighted by molar-refractivity contribution is 7.89. The average Bonchev–Trinajstić information content (AvgIpc) is 2.82. The van der Waals surface area contributed by atoms with Gasteiger partial charge in [-0.15, -0.1) is 0 Å². The van der Waals surface area contributed by atoms with Gasteiger partial charge in [-0.3, -0.25) is 4.79 Å². The van der Waals surface area contributed by atoms with Crippen molar-refractivity contribution in [3.05, 3.63) is 83.6 Å². The third-order valence-corrected chi connectivity index (χ3v) is 7.49. The van der Waals surface area contributed by atoms with Gasteiger partial charge in [0.1, 0.15) is 11.6 Å². The number of hydrogen-bond acceptors (Lipinski definition) is 4. The Balaban J connectivity index is 1.50. The molecular weight excluding hydrogens is 467 g/mol. The maximum Gasteiger partial charge on any atom is 0.243 e. The van der Waals surface area contributed by atoms with Crippen LogP contribution in [0, 0.1) is 11.7 Å². The number of halogens is 2. The molecule has 0 aromatic heterocycles. The first-order chi connectivity index (χ1) is 15.8. The third kappa shape index (κ3) is 5.52. The van der Waals surface area contributed by atoms with E-state index >= 15 is 0 Å². The van der Waals surface area contributed by atoms with E-state index in [-0.39, 0.29) is 17.3 Å². The van der Waals surface area contributed by atoms with Crippen molar-refractivity contribution < 1.29 is 22.3 Å². The van der Waals surface area contributed by atoms with Crippen LogP contribution >= 0.6 is 11.6 Å². The number of nitrogens with one attached hydrogen (secondary N) is 1. The molecule has 1 N–H and O–H groups in total. The largest absolute Gasteiger partial charge is 0.455 e. The fraction of sp³-hybridized carbons (Fsp3) is 0.208. The van der Waals surface area contributed by atoms with E-state index in [1.807, 2.05) is 18.2 Å². The van der Waals surface area contributed by atoms with Gasteiger partial charge in [-0.2, -0.15) is 4.31 Å². The standard InChI is InChI=1S/C24H22ClFN2O4S/c25-18-8-13-23(32-20-6-2-1-3-7-20)22(15-18)27-24(29)17-5-4-14-28(16-17)33(30,31)21-11-9-19(26)10-12-21/h1-3,6-13,15,17H,4-5,14,16H2,(H,27,29)/t17-/m1/s1. The molecule has 1 saturated heterocycles. The molecule has 0 aliphatic carbocycles. The second kappa shape index (κ2) is 9.91. The van der Waals surface area contributed by atoms with Gasteiger partial charge >= 0.3 is 0 Å². The predicted octanol–water partition coefficient (Wildman–Crippen LogP) is 5.31. The number of piperidine rings is 1.